The molecule has 1 atom stereocenters. The van der Waals surface area contributed by atoms with Gasteiger partial charge < -0.3 is 19.5 Å². The standard InChI is InChI=1S/C26H37NO4/c1-5-21(6-2)20-31-26(22-14-10-9-11-15-22,23-16-12-13-17-24(23)28)25(29)30-19-18-27(7-3)8-4/h9-17,21,28H,5-8,18-20H2,1-4H3. The third-order valence-electron chi connectivity index (χ3n) is 5.98. The Morgan fingerprint density at radius 2 is 1.58 bits per heavy atom. The molecule has 31 heavy (non-hydrogen) atoms. The first-order chi connectivity index (χ1) is 15.0. The molecule has 0 aliphatic heterocycles. The summed E-state index contributed by atoms with van der Waals surface area (Å²) in [6.07, 6.45) is 1.89. The lowest BCUT2D eigenvalue weighted by Gasteiger charge is -2.34. The van der Waals surface area contributed by atoms with Crippen LogP contribution in [0.5, 0.6) is 5.75 Å². The highest BCUT2D eigenvalue weighted by Crippen LogP contribution is 2.40. The van der Waals surface area contributed by atoms with E-state index in [9.17, 15) is 9.90 Å². The number of hydrogen-bond donors (Lipinski definition) is 1. The molecule has 0 aliphatic rings. The summed E-state index contributed by atoms with van der Waals surface area (Å²) in [6, 6.07) is 16.2. The number of carbonyl (C=O) groups is 1. The minimum absolute atomic E-state index is 0.0107. The molecule has 1 unspecified atom stereocenters. The molecular formula is C26H37NO4. The summed E-state index contributed by atoms with van der Waals surface area (Å²) >= 11 is 0. The van der Waals surface area contributed by atoms with Crippen molar-refractivity contribution in [3.63, 3.8) is 0 Å². The molecule has 5 heteroatoms. The van der Waals surface area contributed by atoms with Gasteiger partial charge in [0.15, 0.2) is 0 Å². The number of esters is 1. The maximum Gasteiger partial charge on any atom is 0.348 e. The molecule has 0 spiro atoms. The van der Waals surface area contributed by atoms with E-state index in [1.807, 2.05) is 30.3 Å². The van der Waals surface area contributed by atoms with Gasteiger partial charge in [0.05, 0.1) is 6.61 Å². The zero-order valence-corrected chi connectivity index (χ0v) is 19.3. The second-order valence-corrected chi connectivity index (χ2v) is 7.72. The number of phenols is 1. The normalized spacial score (nSPS) is 13.4. The SMILES string of the molecule is CCC(CC)COC(C(=O)OCCN(CC)CC)(c1ccccc1)c1ccccc1O. The van der Waals surface area contributed by atoms with Crippen LogP contribution in [0, 0.1) is 5.92 Å². The van der Waals surface area contributed by atoms with E-state index in [1.54, 1.807) is 24.3 Å². The predicted molar refractivity (Wildman–Crippen MR) is 124 cm³/mol. The van der Waals surface area contributed by atoms with Crippen molar-refractivity contribution in [1.29, 1.82) is 0 Å². The first-order valence-electron chi connectivity index (χ1n) is 11.4. The zero-order valence-electron chi connectivity index (χ0n) is 19.3. The van der Waals surface area contributed by atoms with Crippen LogP contribution in [-0.4, -0.2) is 48.8 Å². The summed E-state index contributed by atoms with van der Waals surface area (Å²) in [6.45, 7) is 11.5. The lowest BCUT2D eigenvalue weighted by atomic mass is 9.85. The van der Waals surface area contributed by atoms with E-state index in [2.05, 4.69) is 32.6 Å². The van der Waals surface area contributed by atoms with Crippen LogP contribution in [0.3, 0.4) is 0 Å². The molecular weight excluding hydrogens is 390 g/mol. The van der Waals surface area contributed by atoms with Gasteiger partial charge in [-0.05, 0) is 30.6 Å². The molecule has 0 saturated carbocycles. The molecule has 0 aromatic heterocycles. The number of rotatable bonds is 13. The van der Waals surface area contributed by atoms with Gasteiger partial charge in [-0.3, -0.25) is 0 Å². The second-order valence-electron chi connectivity index (χ2n) is 7.72. The number of carbonyl (C=O) groups excluding carboxylic acids is 1. The number of phenolic OH excluding ortho intramolecular Hbond substituents is 1. The van der Waals surface area contributed by atoms with Crippen molar-refractivity contribution in [2.24, 2.45) is 5.92 Å². The Kier molecular flexibility index (Phi) is 10.0. The van der Waals surface area contributed by atoms with E-state index in [4.69, 9.17) is 9.47 Å². The molecule has 170 valence electrons. The third kappa shape index (κ3) is 6.08. The van der Waals surface area contributed by atoms with Crippen LogP contribution in [0.4, 0.5) is 0 Å². The Morgan fingerprint density at radius 1 is 0.968 bits per heavy atom. The second kappa shape index (κ2) is 12.5. The fourth-order valence-corrected chi connectivity index (χ4v) is 3.72. The summed E-state index contributed by atoms with van der Waals surface area (Å²) in [5, 5.41) is 10.7. The summed E-state index contributed by atoms with van der Waals surface area (Å²) in [4.78, 5) is 15.9. The molecule has 0 heterocycles. The van der Waals surface area contributed by atoms with Crippen molar-refractivity contribution in [1.82, 2.24) is 4.90 Å². The molecule has 0 aliphatic carbocycles. The average Bonchev–Trinajstić information content (AvgIpc) is 2.81. The van der Waals surface area contributed by atoms with Gasteiger partial charge >= 0.3 is 5.97 Å². The number of ether oxygens (including phenoxy) is 2. The average molecular weight is 428 g/mol. The van der Waals surface area contributed by atoms with Gasteiger partial charge in [0.2, 0.25) is 5.60 Å². The zero-order chi connectivity index (χ0) is 22.7. The number of hydrogen-bond acceptors (Lipinski definition) is 5. The molecule has 0 fully saturated rings. The quantitative estimate of drug-likeness (QED) is 0.457. The first kappa shape index (κ1) is 24.9. The molecule has 0 saturated heterocycles. The van der Waals surface area contributed by atoms with Gasteiger partial charge in [-0.2, -0.15) is 0 Å². The van der Waals surface area contributed by atoms with Gasteiger partial charge in [0, 0.05) is 12.1 Å². The maximum absolute atomic E-state index is 13.7. The largest absolute Gasteiger partial charge is 0.508 e. The number of aromatic hydroxyl groups is 1. The van der Waals surface area contributed by atoms with Crippen LogP contribution in [0.15, 0.2) is 54.6 Å². The highest BCUT2D eigenvalue weighted by atomic mass is 16.6. The molecule has 1 N–H and O–H groups in total. The fourth-order valence-electron chi connectivity index (χ4n) is 3.72. The van der Waals surface area contributed by atoms with Gasteiger partial charge in [-0.1, -0.05) is 89.1 Å². The van der Waals surface area contributed by atoms with Crippen molar-refractivity contribution in [2.45, 2.75) is 46.1 Å². The lowest BCUT2D eigenvalue weighted by molar-refractivity contribution is -0.171. The van der Waals surface area contributed by atoms with Crippen LogP contribution >= 0.6 is 0 Å². The summed E-state index contributed by atoms with van der Waals surface area (Å²) in [7, 11) is 0. The molecule has 0 bridgehead atoms. The smallest absolute Gasteiger partial charge is 0.348 e. The van der Waals surface area contributed by atoms with E-state index in [0.29, 0.717) is 30.2 Å². The van der Waals surface area contributed by atoms with Crippen molar-refractivity contribution in [3.05, 3.63) is 65.7 Å². The van der Waals surface area contributed by atoms with E-state index in [1.165, 1.54) is 0 Å². The van der Waals surface area contributed by atoms with Gasteiger partial charge in [-0.15, -0.1) is 0 Å². The Morgan fingerprint density at radius 3 is 2.16 bits per heavy atom. The van der Waals surface area contributed by atoms with Crippen LogP contribution < -0.4 is 0 Å². The van der Waals surface area contributed by atoms with Gasteiger partial charge in [-0.25, -0.2) is 4.79 Å². The van der Waals surface area contributed by atoms with Gasteiger partial charge in [0.1, 0.15) is 12.4 Å². The van der Waals surface area contributed by atoms with Crippen molar-refractivity contribution in [3.8, 4) is 5.75 Å². The van der Waals surface area contributed by atoms with Crippen molar-refractivity contribution < 1.29 is 19.4 Å². The predicted octanol–water partition coefficient (Wildman–Crippen LogP) is 4.97. The maximum atomic E-state index is 13.7. The van der Waals surface area contributed by atoms with E-state index in [-0.39, 0.29) is 12.4 Å². The summed E-state index contributed by atoms with van der Waals surface area (Å²) in [5.74, 6) is -0.188. The van der Waals surface area contributed by atoms with Crippen LogP contribution in [0.1, 0.15) is 51.7 Å². The number of nitrogens with zero attached hydrogens (tertiary/aromatic N) is 1. The van der Waals surface area contributed by atoms with E-state index < -0.39 is 11.6 Å². The summed E-state index contributed by atoms with van der Waals surface area (Å²) < 4.78 is 12.2. The third-order valence-corrected chi connectivity index (χ3v) is 5.98. The number of likely N-dealkylation sites (N-methyl/N-ethyl adjacent to an activating group) is 1. The minimum atomic E-state index is -1.53. The number of para-hydroxylation sites is 1. The Balaban J connectivity index is 2.49. The Bertz CT molecular complexity index is 787. The van der Waals surface area contributed by atoms with Crippen molar-refractivity contribution >= 4 is 5.97 Å². The van der Waals surface area contributed by atoms with Crippen LogP contribution in [0.2, 0.25) is 0 Å². The minimum Gasteiger partial charge on any atom is -0.508 e. The molecule has 5 nitrogen and oxygen atoms in total. The number of benzene rings is 2. The fraction of sp³-hybridized carbons (Fsp3) is 0.500. The Labute approximate surface area is 187 Å². The van der Waals surface area contributed by atoms with Crippen LogP contribution in [0.25, 0.3) is 0 Å². The summed E-state index contributed by atoms with van der Waals surface area (Å²) in [5.41, 5.74) is -0.478. The van der Waals surface area contributed by atoms with Crippen LogP contribution in [-0.2, 0) is 19.9 Å². The van der Waals surface area contributed by atoms with Crippen molar-refractivity contribution in [2.75, 3.05) is 32.8 Å². The molecule has 2 rings (SSSR count). The highest BCUT2D eigenvalue weighted by Gasteiger charge is 2.47. The molecule has 0 amide bonds. The monoisotopic (exact) mass is 427 g/mol. The molecule has 2 aromatic carbocycles. The lowest BCUT2D eigenvalue weighted by Crippen LogP contribution is -2.43. The first-order valence-corrected chi connectivity index (χ1v) is 11.4. The topological polar surface area (TPSA) is 59.0 Å². The van der Waals surface area contributed by atoms with E-state index in [0.717, 1.165) is 25.9 Å². The molecule has 0 radical (unpaired) electrons. The highest BCUT2D eigenvalue weighted by molar-refractivity contribution is 5.86. The Hall–Kier alpha value is -2.37. The molecule has 2 aromatic rings. The van der Waals surface area contributed by atoms with Gasteiger partial charge in [0.25, 0.3) is 0 Å². The van der Waals surface area contributed by atoms with E-state index >= 15 is 0 Å².